The van der Waals surface area contributed by atoms with Gasteiger partial charge in [-0.15, -0.1) is 0 Å². The molecule has 1 aliphatic rings. The first-order chi connectivity index (χ1) is 10.2. The fourth-order valence-electron chi connectivity index (χ4n) is 2.22. The summed E-state index contributed by atoms with van der Waals surface area (Å²) >= 11 is 0. The molecule has 0 spiro atoms. The molecule has 110 valence electrons. The second-order valence-electron chi connectivity index (χ2n) is 5.44. The number of hydrogen-bond acceptors (Lipinski definition) is 4. The fourth-order valence-corrected chi connectivity index (χ4v) is 2.22. The van der Waals surface area contributed by atoms with E-state index in [1.807, 2.05) is 30.3 Å². The number of rotatable bonds is 6. The molecule has 1 aromatic carbocycles. The van der Waals surface area contributed by atoms with Crippen molar-refractivity contribution < 1.29 is 14.4 Å². The lowest BCUT2D eigenvalue weighted by atomic mass is 10.1. The third-order valence-corrected chi connectivity index (χ3v) is 3.55. The quantitative estimate of drug-likeness (QED) is 0.850. The number of carbonyl (C=O) groups excluding carboxylic acids is 1. The summed E-state index contributed by atoms with van der Waals surface area (Å²) < 4.78 is 5.14. The van der Waals surface area contributed by atoms with Gasteiger partial charge < -0.3 is 14.9 Å². The fraction of sp³-hybridized carbons (Fsp3) is 0.375. The lowest BCUT2D eigenvalue weighted by Crippen LogP contribution is -2.33. The molecule has 0 radical (unpaired) electrons. The maximum Gasteiger partial charge on any atom is 0.273 e. The van der Waals surface area contributed by atoms with Crippen LogP contribution in [0.5, 0.6) is 0 Å². The molecule has 1 atom stereocenters. The van der Waals surface area contributed by atoms with Crippen LogP contribution < -0.4 is 5.32 Å². The minimum absolute atomic E-state index is 0.194. The summed E-state index contributed by atoms with van der Waals surface area (Å²) in [4.78, 5) is 11.9. The Balaban J connectivity index is 1.48. The second kappa shape index (κ2) is 6.10. The lowest BCUT2D eigenvalue weighted by Gasteiger charge is -2.11. The smallest absolute Gasteiger partial charge is 0.273 e. The van der Waals surface area contributed by atoms with E-state index in [1.54, 1.807) is 6.07 Å². The van der Waals surface area contributed by atoms with Gasteiger partial charge in [0.1, 0.15) is 5.76 Å². The van der Waals surface area contributed by atoms with Crippen molar-refractivity contribution in [3.05, 3.63) is 53.4 Å². The van der Waals surface area contributed by atoms with Gasteiger partial charge in [-0.1, -0.05) is 35.5 Å². The first-order valence-corrected chi connectivity index (χ1v) is 7.19. The molecule has 3 rings (SSSR count). The van der Waals surface area contributed by atoms with E-state index in [0.717, 1.165) is 24.2 Å². The highest BCUT2D eigenvalue weighted by atomic mass is 16.5. The van der Waals surface area contributed by atoms with Crippen molar-refractivity contribution in [1.29, 1.82) is 0 Å². The van der Waals surface area contributed by atoms with Crippen LogP contribution in [0, 0.1) is 0 Å². The molecular formula is C16H18N2O3. The van der Waals surface area contributed by atoms with Crippen LogP contribution in [-0.2, 0) is 6.42 Å². The number of amides is 1. The van der Waals surface area contributed by atoms with Crippen LogP contribution in [-0.4, -0.2) is 28.8 Å². The predicted molar refractivity (Wildman–Crippen MR) is 77.0 cm³/mol. The van der Waals surface area contributed by atoms with Crippen LogP contribution in [0.2, 0.25) is 0 Å². The summed E-state index contributed by atoms with van der Waals surface area (Å²) in [5.41, 5.74) is 1.32. The summed E-state index contributed by atoms with van der Waals surface area (Å²) in [6.07, 6.45) is 2.09. The molecule has 1 saturated carbocycles. The van der Waals surface area contributed by atoms with Crippen LogP contribution in [0.4, 0.5) is 0 Å². The van der Waals surface area contributed by atoms with Crippen molar-refractivity contribution in [2.75, 3.05) is 6.54 Å². The molecule has 0 bridgehead atoms. The van der Waals surface area contributed by atoms with E-state index in [0.29, 0.717) is 12.3 Å². The van der Waals surface area contributed by atoms with E-state index >= 15 is 0 Å². The Kier molecular flexibility index (Phi) is 4.01. The normalized spacial score (nSPS) is 15.7. The zero-order chi connectivity index (χ0) is 14.7. The van der Waals surface area contributed by atoms with Crippen LogP contribution in [0.15, 0.2) is 40.9 Å². The summed E-state index contributed by atoms with van der Waals surface area (Å²) in [6.45, 7) is 0.194. The SMILES string of the molecule is O=C(NC[C@H](O)Cc1ccccc1)c1cc(C2CC2)on1. The van der Waals surface area contributed by atoms with Crippen LogP contribution in [0.3, 0.4) is 0 Å². The van der Waals surface area contributed by atoms with Crippen molar-refractivity contribution in [1.82, 2.24) is 10.5 Å². The first kappa shape index (κ1) is 13.8. The molecule has 1 aromatic heterocycles. The predicted octanol–water partition coefficient (Wildman–Crippen LogP) is 1.89. The van der Waals surface area contributed by atoms with Crippen molar-refractivity contribution in [3.63, 3.8) is 0 Å². The number of nitrogens with zero attached hydrogens (tertiary/aromatic N) is 1. The number of hydrogen-bond donors (Lipinski definition) is 2. The minimum atomic E-state index is -0.619. The molecule has 1 aliphatic carbocycles. The molecule has 2 N–H and O–H groups in total. The molecule has 1 heterocycles. The van der Waals surface area contributed by atoms with Gasteiger partial charge in [-0.05, 0) is 18.4 Å². The van der Waals surface area contributed by atoms with Gasteiger partial charge in [-0.25, -0.2) is 0 Å². The van der Waals surface area contributed by atoms with Gasteiger partial charge >= 0.3 is 0 Å². The van der Waals surface area contributed by atoms with Gasteiger partial charge in [-0.3, -0.25) is 4.79 Å². The number of aromatic nitrogens is 1. The Labute approximate surface area is 123 Å². The highest BCUT2D eigenvalue weighted by Gasteiger charge is 2.28. The van der Waals surface area contributed by atoms with E-state index in [2.05, 4.69) is 10.5 Å². The minimum Gasteiger partial charge on any atom is -0.391 e. The van der Waals surface area contributed by atoms with Gasteiger partial charge in [0.2, 0.25) is 0 Å². The average molecular weight is 286 g/mol. The topological polar surface area (TPSA) is 75.4 Å². The summed E-state index contributed by atoms with van der Waals surface area (Å²) in [6, 6.07) is 11.4. The molecule has 2 aromatic rings. The third kappa shape index (κ3) is 3.70. The van der Waals surface area contributed by atoms with Crippen LogP contribution in [0.1, 0.15) is 40.6 Å². The Morgan fingerprint density at radius 1 is 1.38 bits per heavy atom. The Hall–Kier alpha value is -2.14. The Morgan fingerprint density at radius 2 is 2.14 bits per heavy atom. The second-order valence-corrected chi connectivity index (χ2v) is 5.44. The molecule has 0 aliphatic heterocycles. The maximum absolute atomic E-state index is 11.9. The monoisotopic (exact) mass is 286 g/mol. The largest absolute Gasteiger partial charge is 0.391 e. The highest BCUT2D eigenvalue weighted by Crippen LogP contribution is 2.40. The van der Waals surface area contributed by atoms with E-state index in [4.69, 9.17) is 4.52 Å². The molecule has 5 heteroatoms. The van der Waals surface area contributed by atoms with E-state index in [9.17, 15) is 9.90 Å². The zero-order valence-electron chi connectivity index (χ0n) is 11.7. The first-order valence-electron chi connectivity index (χ1n) is 7.19. The average Bonchev–Trinajstić information content (AvgIpc) is 3.23. The van der Waals surface area contributed by atoms with E-state index in [-0.39, 0.29) is 18.1 Å². The van der Waals surface area contributed by atoms with Crippen molar-refractivity contribution >= 4 is 5.91 Å². The molecule has 21 heavy (non-hydrogen) atoms. The lowest BCUT2D eigenvalue weighted by molar-refractivity contribution is 0.0907. The van der Waals surface area contributed by atoms with E-state index < -0.39 is 6.10 Å². The molecule has 5 nitrogen and oxygen atoms in total. The van der Waals surface area contributed by atoms with Gasteiger partial charge in [0.05, 0.1) is 6.10 Å². The number of aliphatic hydroxyl groups is 1. The molecule has 1 amide bonds. The summed E-state index contributed by atoms with van der Waals surface area (Å²) in [5, 5.41) is 16.4. The number of carbonyl (C=O) groups is 1. The molecular weight excluding hydrogens is 268 g/mol. The van der Waals surface area contributed by atoms with Gasteiger partial charge in [0.25, 0.3) is 5.91 Å². The van der Waals surface area contributed by atoms with Crippen molar-refractivity contribution in [3.8, 4) is 0 Å². The van der Waals surface area contributed by atoms with Crippen LogP contribution >= 0.6 is 0 Å². The Bertz CT molecular complexity index is 605. The summed E-state index contributed by atoms with van der Waals surface area (Å²) in [5.74, 6) is 0.908. The van der Waals surface area contributed by atoms with Gasteiger partial charge in [-0.2, -0.15) is 0 Å². The highest BCUT2D eigenvalue weighted by molar-refractivity contribution is 5.92. The molecule has 1 fully saturated rings. The Morgan fingerprint density at radius 3 is 2.86 bits per heavy atom. The number of benzene rings is 1. The number of nitrogens with one attached hydrogen (secondary N) is 1. The maximum atomic E-state index is 11.9. The molecule has 0 saturated heterocycles. The van der Waals surface area contributed by atoms with Crippen molar-refractivity contribution in [2.45, 2.75) is 31.3 Å². The number of aliphatic hydroxyl groups excluding tert-OH is 1. The van der Waals surface area contributed by atoms with Crippen molar-refractivity contribution in [2.24, 2.45) is 0 Å². The summed E-state index contributed by atoms with van der Waals surface area (Å²) in [7, 11) is 0. The molecule has 0 unspecified atom stereocenters. The third-order valence-electron chi connectivity index (χ3n) is 3.55. The standard InChI is InChI=1S/C16H18N2O3/c19-13(8-11-4-2-1-3-5-11)10-17-16(20)14-9-15(21-18-14)12-6-7-12/h1-5,9,12-13,19H,6-8,10H2,(H,17,20)/t13-/m1/s1. The van der Waals surface area contributed by atoms with Gasteiger partial charge in [0, 0.05) is 24.9 Å². The van der Waals surface area contributed by atoms with Crippen LogP contribution in [0.25, 0.3) is 0 Å². The van der Waals surface area contributed by atoms with Gasteiger partial charge in [0.15, 0.2) is 5.69 Å². The zero-order valence-corrected chi connectivity index (χ0v) is 11.7. The van der Waals surface area contributed by atoms with E-state index in [1.165, 1.54) is 0 Å².